The largest absolute Gasteiger partial charge is 0.447 e. The maximum absolute atomic E-state index is 14.8. The lowest BCUT2D eigenvalue weighted by Crippen LogP contribution is -2.71. The maximum atomic E-state index is 14.8. The first kappa shape index (κ1) is 31.4. The molecule has 1 aliphatic heterocycles. The summed E-state index contributed by atoms with van der Waals surface area (Å²) >= 11 is 0. The Morgan fingerprint density at radius 2 is 1.25 bits per heavy atom. The van der Waals surface area contributed by atoms with Crippen molar-refractivity contribution in [2.45, 2.75) is 70.4 Å². The highest BCUT2D eigenvalue weighted by molar-refractivity contribution is 7.07. The molecular formula is C38H43NO4Si. The molecule has 0 aliphatic carbocycles. The zero-order valence-corrected chi connectivity index (χ0v) is 27.0. The summed E-state index contributed by atoms with van der Waals surface area (Å²) < 4.78 is 13.1. The van der Waals surface area contributed by atoms with Crippen LogP contribution in [-0.2, 0) is 14.0 Å². The summed E-state index contributed by atoms with van der Waals surface area (Å²) in [6.07, 6.45) is 3.75. The molecule has 0 N–H and O–H groups in total. The Labute approximate surface area is 263 Å². The van der Waals surface area contributed by atoms with Crippen molar-refractivity contribution in [2.24, 2.45) is 0 Å². The van der Waals surface area contributed by atoms with Crippen molar-refractivity contribution in [3.8, 4) is 0 Å². The van der Waals surface area contributed by atoms with Crippen molar-refractivity contribution in [3.63, 3.8) is 0 Å². The molecule has 0 spiro atoms. The summed E-state index contributed by atoms with van der Waals surface area (Å²) in [6, 6.07) is 41.2. The molecule has 2 amide bonds. The number of ether oxygens (including phenoxy) is 1. The van der Waals surface area contributed by atoms with Gasteiger partial charge < -0.3 is 9.16 Å². The van der Waals surface area contributed by atoms with E-state index in [2.05, 4.69) is 79.7 Å². The topological polar surface area (TPSA) is 55.8 Å². The molecule has 6 heteroatoms. The number of amides is 2. The van der Waals surface area contributed by atoms with Crippen molar-refractivity contribution < 1.29 is 18.8 Å². The van der Waals surface area contributed by atoms with Crippen LogP contribution in [0.4, 0.5) is 4.79 Å². The lowest BCUT2D eigenvalue weighted by Gasteiger charge is -2.40. The number of carbonyl (C=O) groups excluding carboxylic acids is 2. The summed E-state index contributed by atoms with van der Waals surface area (Å²) in [5.74, 6) is -0.980. The number of hydrogen-bond donors (Lipinski definition) is 0. The third kappa shape index (κ3) is 6.57. The number of imide groups is 1. The third-order valence-corrected chi connectivity index (χ3v) is 12.7. The third-order valence-electron chi connectivity index (χ3n) is 8.56. The van der Waals surface area contributed by atoms with Gasteiger partial charge in [-0.25, -0.2) is 9.69 Å². The second-order valence-corrected chi connectivity index (χ2v) is 15.5. The van der Waals surface area contributed by atoms with Crippen molar-refractivity contribution in [1.29, 1.82) is 0 Å². The molecule has 0 radical (unpaired) electrons. The molecule has 0 unspecified atom stereocenters. The van der Waals surface area contributed by atoms with Crippen LogP contribution in [0.2, 0.25) is 0 Å². The normalized spacial score (nSPS) is 15.9. The Morgan fingerprint density at radius 1 is 0.773 bits per heavy atom. The quantitative estimate of drug-likeness (QED) is 0.0986. The fourth-order valence-corrected chi connectivity index (χ4v) is 10.4. The minimum atomic E-state index is -3.18. The first-order valence-electron chi connectivity index (χ1n) is 15.8. The van der Waals surface area contributed by atoms with E-state index in [0.29, 0.717) is 6.42 Å². The highest BCUT2D eigenvalue weighted by Crippen LogP contribution is 2.35. The number of rotatable bonds is 13. The van der Waals surface area contributed by atoms with Gasteiger partial charge in [-0.05, 0) is 41.4 Å². The Kier molecular flexibility index (Phi) is 10.1. The molecule has 1 heterocycles. The Hall–Kier alpha value is -4.00. The fourth-order valence-electron chi connectivity index (χ4n) is 6.33. The molecule has 5 rings (SSSR count). The summed E-state index contributed by atoms with van der Waals surface area (Å²) in [4.78, 5) is 29.2. The predicted octanol–water partition coefficient (Wildman–Crippen LogP) is 6.55. The predicted molar refractivity (Wildman–Crippen MR) is 179 cm³/mol. The molecule has 2 atom stereocenters. The van der Waals surface area contributed by atoms with Crippen LogP contribution in [0.5, 0.6) is 0 Å². The van der Waals surface area contributed by atoms with E-state index >= 15 is 0 Å². The molecule has 0 bridgehead atoms. The van der Waals surface area contributed by atoms with Gasteiger partial charge in [0.15, 0.2) is 0 Å². The van der Waals surface area contributed by atoms with Crippen molar-refractivity contribution >= 4 is 35.9 Å². The van der Waals surface area contributed by atoms with Gasteiger partial charge in [0.2, 0.25) is 5.91 Å². The number of unbranched alkanes of at least 4 members (excludes halogenated alkanes) is 3. The molecule has 228 valence electrons. The Bertz CT molecular complexity index is 1400. The van der Waals surface area contributed by atoms with Gasteiger partial charge in [-0.2, -0.15) is 0 Å². The van der Waals surface area contributed by atoms with Gasteiger partial charge in [-0.15, -0.1) is 0 Å². The van der Waals surface area contributed by atoms with Crippen LogP contribution >= 0.6 is 0 Å². The van der Waals surface area contributed by atoms with Gasteiger partial charge in [0.05, 0.1) is 17.6 Å². The number of cyclic esters (lactones) is 1. The van der Waals surface area contributed by atoms with Gasteiger partial charge in [-0.1, -0.05) is 154 Å². The Balaban J connectivity index is 1.72. The average molecular weight is 606 g/mol. The van der Waals surface area contributed by atoms with Crippen LogP contribution in [0.25, 0.3) is 0 Å². The molecule has 4 aromatic carbocycles. The van der Waals surface area contributed by atoms with E-state index in [9.17, 15) is 9.59 Å². The monoisotopic (exact) mass is 605 g/mol. The first-order chi connectivity index (χ1) is 21.4. The highest BCUT2D eigenvalue weighted by atomic mass is 28.4. The van der Waals surface area contributed by atoms with Crippen molar-refractivity contribution in [3.05, 3.63) is 127 Å². The van der Waals surface area contributed by atoms with Crippen LogP contribution in [0.1, 0.15) is 64.4 Å². The van der Waals surface area contributed by atoms with Crippen molar-refractivity contribution in [2.75, 3.05) is 6.61 Å². The van der Waals surface area contributed by atoms with E-state index in [1.54, 1.807) is 0 Å². The molecule has 0 aromatic heterocycles. The Morgan fingerprint density at radius 3 is 1.68 bits per heavy atom. The lowest BCUT2D eigenvalue weighted by atomic mass is 9.88. The molecule has 1 aliphatic rings. The SMILES string of the molecule is CCCCCC[C@@H](O[Si](c1ccccc1)(c1ccccc1)c1ccccc1)[C@H](C(=O)N1C(=O)OCC1(C)C)c1ccccc1. The van der Waals surface area contributed by atoms with E-state index in [1.807, 2.05) is 62.4 Å². The van der Waals surface area contributed by atoms with E-state index in [-0.39, 0.29) is 12.5 Å². The molecular weight excluding hydrogens is 563 g/mol. The smallest absolute Gasteiger partial charge is 0.417 e. The van der Waals surface area contributed by atoms with E-state index < -0.39 is 32.0 Å². The van der Waals surface area contributed by atoms with E-state index in [4.69, 9.17) is 9.16 Å². The van der Waals surface area contributed by atoms with E-state index in [1.165, 1.54) is 4.90 Å². The zero-order chi connectivity index (χ0) is 31.0. The average Bonchev–Trinajstić information content (AvgIpc) is 3.34. The summed E-state index contributed by atoms with van der Waals surface area (Å²) in [7, 11) is -3.18. The molecule has 4 aromatic rings. The molecule has 0 saturated carbocycles. The van der Waals surface area contributed by atoms with E-state index in [0.717, 1.165) is 46.8 Å². The van der Waals surface area contributed by atoms with Crippen LogP contribution < -0.4 is 15.6 Å². The van der Waals surface area contributed by atoms with Gasteiger partial charge in [0, 0.05) is 0 Å². The van der Waals surface area contributed by atoms with Crippen LogP contribution in [0.15, 0.2) is 121 Å². The second kappa shape index (κ2) is 14.2. The minimum absolute atomic E-state index is 0.165. The van der Waals surface area contributed by atoms with Crippen LogP contribution in [0.3, 0.4) is 0 Å². The molecule has 1 fully saturated rings. The summed E-state index contributed by atoms with van der Waals surface area (Å²) in [5.41, 5.74) is 0.0754. The van der Waals surface area contributed by atoms with Crippen molar-refractivity contribution in [1.82, 2.24) is 4.90 Å². The number of carbonyl (C=O) groups is 2. The zero-order valence-electron chi connectivity index (χ0n) is 26.0. The molecule has 5 nitrogen and oxygen atoms in total. The minimum Gasteiger partial charge on any atom is -0.447 e. The molecule has 1 saturated heterocycles. The van der Waals surface area contributed by atoms with Gasteiger partial charge >= 0.3 is 6.09 Å². The number of benzene rings is 4. The summed E-state index contributed by atoms with van der Waals surface area (Å²) in [5, 5.41) is 3.32. The highest BCUT2D eigenvalue weighted by Gasteiger charge is 2.51. The van der Waals surface area contributed by atoms with Gasteiger partial charge in [0.25, 0.3) is 8.32 Å². The second-order valence-electron chi connectivity index (χ2n) is 12.2. The standard InChI is InChI=1S/C38H43NO4Si/c1-4-5-6-19-28-34(35(30-20-11-7-12-21-30)36(40)39-37(41)42-29-38(39,2)3)43-44(31-22-13-8-14-23-31,32-24-15-9-16-25-32)33-26-17-10-18-27-33/h7-18,20-27,34-35H,4-6,19,28-29H2,1-3H3/t34-,35-/m1/s1. The van der Waals surface area contributed by atoms with Gasteiger partial charge in [-0.3, -0.25) is 4.79 Å². The maximum Gasteiger partial charge on any atom is 0.417 e. The fraction of sp³-hybridized carbons (Fsp3) is 0.316. The number of hydrogen-bond acceptors (Lipinski definition) is 4. The lowest BCUT2D eigenvalue weighted by molar-refractivity contribution is -0.135. The van der Waals surface area contributed by atoms with Crippen LogP contribution in [-0.4, -0.2) is 43.5 Å². The summed E-state index contributed by atoms with van der Waals surface area (Å²) in [6.45, 7) is 6.12. The number of nitrogens with zero attached hydrogens (tertiary/aromatic N) is 1. The first-order valence-corrected chi connectivity index (χ1v) is 17.7. The van der Waals surface area contributed by atoms with Crippen LogP contribution in [0, 0.1) is 0 Å². The van der Waals surface area contributed by atoms with Gasteiger partial charge in [0.1, 0.15) is 6.61 Å². The molecule has 44 heavy (non-hydrogen) atoms.